The summed E-state index contributed by atoms with van der Waals surface area (Å²) in [5.41, 5.74) is 0.740. The molecular formula is C20H23N3O4S. The number of fused-ring (bicyclic) bond motifs is 3. The molecule has 0 saturated carbocycles. The van der Waals surface area contributed by atoms with Crippen molar-refractivity contribution >= 4 is 23.3 Å². The summed E-state index contributed by atoms with van der Waals surface area (Å²) in [6, 6.07) is 6.34. The predicted molar refractivity (Wildman–Crippen MR) is 104 cm³/mol. The van der Waals surface area contributed by atoms with Crippen molar-refractivity contribution in [2.45, 2.75) is 31.5 Å². The maximum atomic E-state index is 13.0. The molecule has 3 fully saturated rings. The van der Waals surface area contributed by atoms with Crippen LogP contribution in [0.15, 0.2) is 36.7 Å². The Balaban J connectivity index is 1.45. The molecule has 0 aliphatic carbocycles. The van der Waals surface area contributed by atoms with Crippen molar-refractivity contribution in [1.82, 2.24) is 15.2 Å². The molecule has 0 amide bonds. The molecule has 3 aliphatic heterocycles. The van der Waals surface area contributed by atoms with Crippen LogP contribution in [0, 0.1) is 5.92 Å². The molecule has 3 saturated heterocycles. The second kappa shape index (κ2) is 8.38. The van der Waals surface area contributed by atoms with Gasteiger partial charge in [0.15, 0.2) is 0 Å². The van der Waals surface area contributed by atoms with Crippen molar-refractivity contribution in [3.63, 3.8) is 0 Å². The Kier molecular flexibility index (Phi) is 5.70. The zero-order chi connectivity index (χ0) is 19.5. The van der Waals surface area contributed by atoms with E-state index >= 15 is 0 Å². The summed E-state index contributed by atoms with van der Waals surface area (Å²) < 4.78 is 5.91. The van der Waals surface area contributed by atoms with Crippen LogP contribution < -0.4 is 5.32 Å². The average molecular weight is 401 g/mol. The van der Waals surface area contributed by atoms with Crippen LogP contribution in [-0.4, -0.2) is 52.7 Å². The lowest BCUT2D eigenvalue weighted by Crippen LogP contribution is -2.52. The Morgan fingerprint density at radius 2 is 2.14 bits per heavy atom. The zero-order valence-electron chi connectivity index (χ0n) is 15.4. The van der Waals surface area contributed by atoms with Crippen LogP contribution in [0.2, 0.25) is 0 Å². The number of esters is 1. The van der Waals surface area contributed by atoms with Crippen molar-refractivity contribution < 1.29 is 19.4 Å². The van der Waals surface area contributed by atoms with E-state index < -0.39 is 12.0 Å². The number of carbonyl (C=O) groups excluding carboxylic acids is 1. The van der Waals surface area contributed by atoms with Crippen LogP contribution in [0.1, 0.15) is 39.0 Å². The van der Waals surface area contributed by atoms with Gasteiger partial charge in [-0.2, -0.15) is 0 Å². The summed E-state index contributed by atoms with van der Waals surface area (Å²) in [5, 5.41) is 12.3. The largest absolute Gasteiger partial charge is 0.477 e. The van der Waals surface area contributed by atoms with Crippen molar-refractivity contribution in [3.05, 3.63) is 52.0 Å². The lowest BCUT2D eigenvalue weighted by atomic mass is 9.86. The maximum Gasteiger partial charge on any atom is 0.345 e. The van der Waals surface area contributed by atoms with Crippen LogP contribution in [-0.2, 0) is 16.1 Å². The van der Waals surface area contributed by atoms with E-state index in [1.807, 2.05) is 6.07 Å². The van der Waals surface area contributed by atoms with E-state index in [0.717, 1.165) is 42.9 Å². The molecule has 0 spiro atoms. The van der Waals surface area contributed by atoms with E-state index in [1.165, 1.54) is 11.3 Å². The van der Waals surface area contributed by atoms with Crippen molar-refractivity contribution in [1.29, 1.82) is 0 Å². The van der Waals surface area contributed by atoms with Gasteiger partial charge in [0.05, 0.1) is 0 Å². The third-order valence-corrected chi connectivity index (χ3v) is 6.54. The molecule has 2 aromatic heterocycles. The highest BCUT2D eigenvalue weighted by atomic mass is 32.1. The molecule has 148 valence electrons. The molecule has 2 aromatic rings. The van der Waals surface area contributed by atoms with Gasteiger partial charge in [0, 0.05) is 30.4 Å². The van der Waals surface area contributed by atoms with E-state index in [9.17, 15) is 9.59 Å². The smallest absolute Gasteiger partial charge is 0.345 e. The first-order chi connectivity index (χ1) is 13.6. The minimum atomic E-state index is -0.943. The molecule has 5 heterocycles. The summed E-state index contributed by atoms with van der Waals surface area (Å²) in [7, 11) is 0. The number of aromatic carboxylic acids is 1. The van der Waals surface area contributed by atoms with E-state index in [2.05, 4.69) is 15.2 Å². The highest BCUT2D eigenvalue weighted by Gasteiger charge is 2.37. The molecule has 0 aromatic carbocycles. The summed E-state index contributed by atoms with van der Waals surface area (Å²) in [4.78, 5) is 31.7. The Bertz CT molecular complexity index is 833. The monoisotopic (exact) mass is 401 g/mol. The van der Waals surface area contributed by atoms with Gasteiger partial charge in [-0.15, -0.1) is 11.3 Å². The van der Waals surface area contributed by atoms with Gasteiger partial charge in [-0.25, -0.2) is 9.59 Å². The fourth-order valence-corrected chi connectivity index (χ4v) is 4.73. The molecular weight excluding hydrogens is 378 g/mol. The average Bonchev–Trinajstić information content (AvgIpc) is 3.19. The SMILES string of the molecule is O=C(O)c1ccc(CNC(C(=O)O[C@H]2CN3CCC2CC3)c2cccnc2)s1. The van der Waals surface area contributed by atoms with Crippen molar-refractivity contribution in [2.24, 2.45) is 5.92 Å². The van der Waals surface area contributed by atoms with E-state index in [0.29, 0.717) is 12.5 Å². The second-order valence-corrected chi connectivity index (χ2v) is 8.45. The molecule has 7 nitrogen and oxygen atoms in total. The number of hydrogen-bond donors (Lipinski definition) is 2. The highest BCUT2D eigenvalue weighted by Crippen LogP contribution is 2.30. The van der Waals surface area contributed by atoms with Crippen LogP contribution in [0.3, 0.4) is 0 Å². The molecule has 2 atom stereocenters. The van der Waals surface area contributed by atoms with Gasteiger partial charge in [-0.1, -0.05) is 6.07 Å². The molecule has 2 bridgehead atoms. The van der Waals surface area contributed by atoms with Gasteiger partial charge < -0.3 is 9.84 Å². The van der Waals surface area contributed by atoms with Gasteiger partial charge in [0.1, 0.15) is 17.0 Å². The Morgan fingerprint density at radius 3 is 2.75 bits per heavy atom. The quantitative estimate of drug-likeness (QED) is 0.688. The fourth-order valence-electron chi connectivity index (χ4n) is 3.94. The zero-order valence-corrected chi connectivity index (χ0v) is 16.2. The number of aromatic nitrogens is 1. The van der Waals surface area contributed by atoms with Crippen LogP contribution in [0.5, 0.6) is 0 Å². The van der Waals surface area contributed by atoms with E-state index in [-0.39, 0.29) is 17.0 Å². The van der Waals surface area contributed by atoms with Crippen LogP contribution in [0.4, 0.5) is 0 Å². The van der Waals surface area contributed by atoms with Crippen molar-refractivity contribution in [3.8, 4) is 0 Å². The second-order valence-electron chi connectivity index (χ2n) is 7.28. The van der Waals surface area contributed by atoms with E-state index in [4.69, 9.17) is 9.84 Å². The predicted octanol–water partition coefficient (Wildman–Crippen LogP) is 2.31. The minimum absolute atomic E-state index is 0.0590. The number of ether oxygens (including phenoxy) is 1. The van der Waals surface area contributed by atoms with Gasteiger partial charge in [-0.05, 0) is 55.6 Å². The molecule has 28 heavy (non-hydrogen) atoms. The number of pyridine rings is 1. The molecule has 5 rings (SSSR count). The number of carboxylic acid groups (broad SMARTS) is 1. The molecule has 8 heteroatoms. The maximum absolute atomic E-state index is 13.0. The van der Waals surface area contributed by atoms with E-state index in [1.54, 1.807) is 30.6 Å². The third kappa shape index (κ3) is 4.24. The highest BCUT2D eigenvalue weighted by molar-refractivity contribution is 7.13. The van der Waals surface area contributed by atoms with Crippen LogP contribution >= 0.6 is 11.3 Å². The summed E-state index contributed by atoms with van der Waals surface area (Å²) >= 11 is 1.20. The van der Waals surface area contributed by atoms with Gasteiger partial charge in [0.2, 0.25) is 0 Å². The first-order valence-electron chi connectivity index (χ1n) is 9.48. The lowest BCUT2D eigenvalue weighted by molar-refractivity contribution is -0.161. The van der Waals surface area contributed by atoms with Gasteiger partial charge in [-0.3, -0.25) is 15.2 Å². The Morgan fingerprint density at radius 1 is 1.32 bits per heavy atom. The molecule has 0 radical (unpaired) electrons. The van der Waals surface area contributed by atoms with Crippen molar-refractivity contribution in [2.75, 3.05) is 19.6 Å². The fraction of sp³-hybridized carbons (Fsp3) is 0.450. The normalized spacial score (nSPS) is 24.6. The number of carboxylic acids is 1. The number of nitrogens with one attached hydrogen (secondary N) is 1. The Hall–Kier alpha value is -2.29. The number of rotatable bonds is 7. The standard InChI is InChI=1S/C20H23N3O4S/c24-19(25)17-4-3-15(28-17)11-22-18(14-2-1-7-21-10-14)20(26)27-16-12-23-8-5-13(16)6-9-23/h1-4,7,10,13,16,18,22H,5-6,8-9,11-12H2,(H,24,25)/t16-,18?/m0/s1. The number of nitrogens with zero attached hydrogens (tertiary/aromatic N) is 2. The molecule has 2 N–H and O–H groups in total. The topological polar surface area (TPSA) is 91.8 Å². The van der Waals surface area contributed by atoms with Gasteiger partial charge in [0.25, 0.3) is 0 Å². The number of hydrogen-bond acceptors (Lipinski definition) is 7. The first kappa shape index (κ1) is 19.0. The molecule has 3 aliphatic rings. The Labute approximate surface area is 167 Å². The third-order valence-electron chi connectivity index (χ3n) is 5.47. The first-order valence-corrected chi connectivity index (χ1v) is 10.3. The summed E-state index contributed by atoms with van der Waals surface area (Å²) in [6.45, 7) is 3.37. The molecule has 1 unspecified atom stereocenters. The van der Waals surface area contributed by atoms with Gasteiger partial charge >= 0.3 is 11.9 Å². The number of carbonyl (C=O) groups is 2. The number of thiophene rings is 1. The number of piperidine rings is 3. The lowest BCUT2D eigenvalue weighted by Gasteiger charge is -2.44. The van der Waals surface area contributed by atoms with Crippen LogP contribution in [0.25, 0.3) is 0 Å². The summed E-state index contributed by atoms with van der Waals surface area (Å²) in [5.74, 6) is -0.803. The minimum Gasteiger partial charge on any atom is -0.477 e. The summed E-state index contributed by atoms with van der Waals surface area (Å²) in [6.07, 6.45) is 5.42.